The van der Waals surface area contributed by atoms with Crippen molar-refractivity contribution in [2.45, 2.75) is 69.7 Å². The van der Waals surface area contributed by atoms with E-state index in [9.17, 15) is 57.5 Å². The number of carbonyl (C=O) groups is 1. The molecule has 0 atom stereocenters. The number of hydrogen-bond donors (Lipinski definition) is 1. The Kier molecular flexibility index (Phi) is 11.6. The summed E-state index contributed by atoms with van der Waals surface area (Å²) in [6.45, 7) is 4.27. The van der Waals surface area contributed by atoms with Crippen molar-refractivity contribution in [1.29, 1.82) is 0 Å². The minimum absolute atomic E-state index is 0. The molecule has 2 aliphatic carbocycles. The summed E-state index contributed by atoms with van der Waals surface area (Å²) in [5.41, 5.74) is 11.2. The molecular weight excluding hydrogens is 911 g/mol. The van der Waals surface area contributed by atoms with Crippen LogP contribution in [0.1, 0.15) is 39.8 Å². The molecule has 1 radical (unpaired) electrons. The van der Waals surface area contributed by atoms with Crippen molar-refractivity contribution in [1.82, 2.24) is 4.98 Å². The Morgan fingerprint density at radius 2 is 1.34 bits per heavy atom. The van der Waals surface area contributed by atoms with Crippen LogP contribution in [0, 0.1) is 31.7 Å². The summed E-state index contributed by atoms with van der Waals surface area (Å²) < 4.78 is 145. The minimum atomic E-state index is -6.34. The number of aliphatic hydroxyl groups is 1. The van der Waals surface area contributed by atoms with E-state index in [0.29, 0.717) is 5.41 Å². The molecule has 6 rings (SSSR count). The van der Waals surface area contributed by atoms with Crippen LogP contribution < -0.4 is 0 Å². The van der Waals surface area contributed by atoms with Crippen LogP contribution in [0.15, 0.2) is 72.6 Å². The quantitative estimate of drug-likeness (QED) is 0.0960. The summed E-state index contributed by atoms with van der Waals surface area (Å²) in [7, 11) is 0. The van der Waals surface area contributed by atoms with Gasteiger partial charge in [-0.3, -0.25) is 4.79 Å². The van der Waals surface area contributed by atoms with E-state index in [1.54, 1.807) is 22.3 Å². The SMILES string of the molecule is Cc1cnc(-c2[c-]ccc3c4c(ccc23)C2(CC4)Cc3ccccc3C2)cc1C.O=C(/C=C(\O)C(C(F)(F)F)C(F)(F)F)C(C(F)(F)F)C(F)(F)F.[Ir]. The number of pyridine rings is 1. The largest absolute Gasteiger partial charge is 0.511 e. The molecule has 53 heavy (non-hydrogen) atoms. The number of ketones is 1. The first-order valence-corrected chi connectivity index (χ1v) is 15.6. The molecule has 0 unspecified atom stereocenters. The number of nitrogens with zero attached hydrogens (tertiary/aromatic N) is 1. The number of alkyl halides is 12. The fourth-order valence-corrected chi connectivity index (χ4v) is 7.00. The van der Waals surface area contributed by atoms with Crippen molar-refractivity contribution >= 4 is 16.6 Å². The monoisotopic (exact) mass is 939 g/mol. The molecule has 0 fully saturated rings. The second-order valence-corrected chi connectivity index (χ2v) is 13.0. The first kappa shape index (κ1) is 41.8. The smallest absolute Gasteiger partial charge is 0.407 e. The number of fused-ring (bicyclic) bond motifs is 5. The second-order valence-electron chi connectivity index (χ2n) is 13.0. The number of carbonyl (C=O) groups excluding carboxylic acids is 1. The molecule has 0 saturated heterocycles. The number of allylic oxidation sites excluding steroid dienone is 2. The van der Waals surface area contributed by atoms with Crippen LogP contribution in [0.3, 0.4) is 0 Å². The Hall–Kier alpha value is -3.91. The Balaban J connectivity index is 0.000000241. The summed E-state index contributed by atoms with van der Waals surface area (Å²) in [5, 5.41) is 11.3. The zero-order valence-electron chi connectivity index (χ0n) is 27.5. The average Bonchev–Trinajstić information content (AvgIpc) is 3.55. The van der Waals surface area contributed by atoms with Gasteiger partial charge in [0.15, 0.2) is 5.78 Å². The van der Waals surface area contributed by atoms with Crippen molar-refractivity contribution in [2.24, 2.45) is 11.8 Å². The van der Waals surface area contributed by atoms with Gasteiger partial charge in [-0.25, -0.2) is 0 Å². The van der Waals surface area contributed by atoms with Crippen LogP contribution in [0.25, 0.3) is 22.0 Å². The van der Waals surface area contributed by atoms with Gasteiger partial charge in [0, 0.05) is 37.8 Å². The Morgan fingerprint density at radius 3 is 1.85 bits per heavy atom. The van der Waals surface area contributed by atoms with E-state index in [1.165, 1.54) is 47.6 Å². The van der Waals surface area contributed by atoms with E-state index >= 15 is 0 Å². The van der Waals surface area contributed by atoms with Gasteiger partial charge in [0.25, 0.3) is 0 Å². The van der Waals surface area contributed by atoms with Crippen molar-refractivity contribution in [3.8, 4) is 11.3 Å². The zero-order chi connectivity index (χ0) is 38.6. The van der Waals surface area contributed by atoms with Gasteiger partial charge in [0.2, 0.25) is 11.8 Å². The molecule has 0 saturated carbocycles. The van der Waals surface area contributed by atoms with Gasteiger partial charge in [-0.05, 0) is 67.5 Å². The van der Waals surface area contributed by atoms with Crippen molar-refractivity contribution in [3.05, 3.63) is 112 Å². The molecule has 1 heterocycles. The first-order valence-electron chi connectivity index (χ1n) is 15.6. The topological polar surface area (TPSA) is 50.2 Å². The van der Waals surface area contributed by atoms with Gasteiger partial charge >= 0.3 is 24.7 Å². The normalized spacial score (nSPS) is 15.7. The van der Waals surface area contributed by atoms with Crippen LogP contribution in [0.2, 0.25) is 0 Å². The summed E-state index contributed by atoms with van der Waals surface area (Å²) in [5.74, 6) is -15.9. The number of aromatic nitrogens is 1. The van der Waals surface area contributed by atoms with Gasteiger partial charge in [0.05, 0.1) is 0 Å². The number of hydrogen-bond acceptors (Lipinski definition) is 3. The molecule has 3 nitrogen and oxygen atoms in total. The number of benzene rings is 3. The molecule has 287 valence electrons. The molecule has 0 aliphatic heterocycles. The Morgan fingerprint density at radius 1 is 0.792 bits per heavy atom. The van der Waals surface area contributed by atoms with Crippen LogP contribution in [-0.2, 0) is 49.6 Å². The molecular formula is C37H28F12IrNO2-. The second kappa shape index (κ2) is 14.7. The number of aliphatic hydroxyl groups excluding tert-OH is 1. The van der Waals surface area contributed by atoms with Crippen molar-refractivity contribution in [3.63, 3.8) is 0 Å². The molecule has 1 N–H and O–H groups in total. The van der Waals surface area contributed by atoms with E-state index < -0.39 is 54.2 Å². The van der Waals surface area contributed by atoms with Crippen molar-refractivity contribution < 1.29 is 82.7 Å². The van der Waals surface area contributed by atoms with E-state index in [2.05, 4.69) is 74.5 Å². The third-order valence-electron chi connectivity index (χ3n) is 9.51. The van der Waals surface area contributed by atoms with Crippen molar-refractivity contribution in [2.75, 3.05) is 0 Å². The Bertz CT molecular complexity index is 1980. The molecule has 2 aliphatic rings. The third-order valence-corrected chi connectivity index (χ3v) is 9.51. The molecule has 4 aromatic rings. The van der Waals surface area contributed by atoms with E-state index in [1.807, 2.05) is 6.20 Å². The predicted octanol–water partition coefficient (Wildman–Crippen LogP) is 10.8. The van der Waals surface area contributed by atoms with Gasteiger partial charge in [-0.2, -0.15) is 52.7 Å². The Labute approximate surface area is 308 Å². The molecule has 0 amide bonds. The molecule has 16 heteroatoms. The van der Waals surface area contributed by atoms with Crippen LogP contribution in [0.5, 0.6) is 0 Å². The fraction of sp³-hybridized carbons (Fsp3) is 0.351. The number of halogens is 12. The van der Waals surface area contributed by atoms with Gasteiger partial charge in [0.1, 0.15) is 5.76 Å². The van der Waals surface area contributed by atoms with E-state index in [4.69, 9.17) is 10.1 Å². The maximum absolute atomic E-state index is 12.1. The maximum Gasteiger partial charge on any atom is 0.407 e. The maximum atomic E-state index is 12.1. The summed E-state index contributed by atoms with van der Waals surface area (Å²) in [6.07, 6.45) is -19.9. The summed E-state index contributed by atoms with van der Waals surface area (Å²) in [6, 6.07) is 23.8. The minimum Gasteiger partial charge on any atom is -0.511 e. The summed E-state index contributed by atoms with van der Waals surface area (Å²) in [4.78, 5) is 15.5. The van der Waals surface area contributed by atoms with Gasteiger partial charge in [-0.1, -0.05) is 64.4 Å². The van der Waals surface area contributed by atoms with Crippen LogP contribution >= 0.6 is 0 Å². The van der Waals surface area contributed by atoms with E-state index in [-0.39, 0.29) is 20.1 Å². The summed E-state index contributed by atoms with van der Waals surface area (Å²) >= 11 is 0. The molecule has 3 aromatic carbocycles. The molecule has 1 aromatic heterocycles. The molecule has 0 bridgehead atoms. The fourth-order valence-electron chi connectivity index (χ4n) is 7.00. The first-order chi connectivity index (χ1) is 23.9. The van der Waals surface area contributed by atoms with E-state index in [0.717, 1.165) is 11.3 Å². The van der Waals surface area contributed by atoms with Crippen LogP contribution in [0.4, 0.5) is 52.7 Å². The van der Waals surface area contributed by atoms with Gasteiger partial charge < -0.3 is 10.1 Å². The number of aryl methyl sites for hydroxylation is 3. The zero-order valence-corrected chi connectivity index (χ0v) is 29.9. The third kappa shape index (κ3) is 8.58. The van der Waals surface area contributed by atoms with Gasteiger partial charge in [-0.15, -0.1) is 23.8 Å². The molecule has 1 spiro atoms. The predicted molar refractivity (Wildman–Crippen MR) is 166 cm³/mol. The average molecular weight is 939 g/mol. The standard InChI is InChI=1S/C28H24N.C9H4F12O2.Ir/c1-18-14-27(29-17-19(18)2)25-9-5-8-22-23(25)10-11-26-24(22)12-13-28(26)15-20-6-3-4-7-21(20)16-28;10-6(11,12)4(7(13,14)15)2(22)1-3(23)5(8(16,17)18)9(19,20)21;/h3-8,10-11,14,17H,12-13,15-16H2,1-2H3;1,4-5,22H;/q-1;;/b;2-1-;. The number of rotatable bonds is 4. The van der Waals surface area contributed by atoms with Crippen LogP contribution in [-0.4, -0.2) is 40.6 Å².